The number of anilines is 1. The fraction of sp³-hybridized carbons (Fsp3) is 0.583. The van der Waals surface area contributed by atoms with Crippen LogP contribution in [-0.4, -0.2) is 36.3 Å². The number of pyridine rings is 1. The van der Waals surface area contributed by atoms with Gasteiger partial charge in [0.25, 0.3) is 0 Å². The average Bonchev–Trinajstić information content (AvgIpc) is 2.29. The van der Waals surface area contributed by atoms with Crippen LogP contribution in [0.25, 0.3) is 0 Å². The number of aromatic nitrogens is 1. The second kappa shape index (κ2) is 5.27. The molecule has 0 radical (unpaired) electrons. The Morgan fingerprint density at radius 1 is 1.44 bits per heavy atom. The van der Waals surface area contributed by atoms with Gasteiger partial charge in [-0.3, -0.25) is 0 Å². The van der Waals surface area contributed by atoms with Crippen LogP contribution in [0, 0.1) is 0 Å². The van der Waals surface area contributed by atoms with Gasteiger partial charge in [0.05, 0.1) is 12.1 Å². The molecule has 0 unspecified atom stereocenters. The van der Waals surface area contributed by atoms with Crippen molar-refractivity contribution in [2.24, 2.45) is 0 Å². The first kappa shape index (κ1) is 12.9. The van der Waals surface area contributed by atoms with Crippen molar-refractivity contribution in [3.63, 3.8) is 0 Å². The van der Waals surface area contributed by atoms with Gasteiger partial charge in [0.15, 0.2) is 0 Å². The quantitative estimate of drug-likeness (QED) is 0.782. The summed E-state index contributed by atoms with van der Waals surface area (Å²) in [7, 11) is 3.85. The Balaban J connectivity index is 2.81. The zero-order chi connectivity index (χ0) is 12.2. The van der Waals surface area contributed by atoms with Crippen LogP contribution in [0.2, 0.25) is 0 Å². The van der Waals surface area contributed by atoms with Crippen molar-refractivity contribution in [3.05, 3.63) is 23.9 Å². The van der Waals surface area contributed by atoms with Gasteiger partial charge in [-0.1, -0.05) is 6.07 Å². The van der Waals surface area contributed by atoms with Crippen molar-refractivity contribution in [3.8, 4) is 0 Å². The SMILES string of the molecule is CNCc1ccc(N(C)C(C)(C)CO)nc1. The Kier molecular flexibility index (Phi) is 4.26. The molecule has 2 N–H and O–H groups in total. The third-order valence-electron chi connectivity index (χ3n) is 2.83. The predicted octanol–water partition coefficient (Wildman–Crippen LogP) is 1.01. The molecule has 4 nitrogen and oxygen atoms in total. The summed E-state index contributed by atoms with van der Waals surface area (Å²) in [5.74, 6) is 0.874. The van der Waals surface area contributed by atoms with Crippen LogP contribution in [0.5, 0.6) is 0 Å². The second-order valence-electron chi connectivity index (χ2n) is 4.58. The van der Waals surface area contributed by atoms with E-state index in [0.717, 1.165) is 17.9 Å². The smallest absolute Gasteiger partial charge is 0.128 e. The van der Waals surface area contributed by atoms with Gasteiger partial charge >= 0.3 is 0 Å². The number of hydrogen-bond donors (Lipinski definition) is 2. The van der Waals surface area contributed by atoms with E-state index in [9.17, 15) is 5.11 Å². The van der Waals surface area contributed by atoms with E-state index in [2.05, 4.69) is 10.3 Å². The number of nitrogens with one attached hydrogen (secondary N) is 1. The third kappa shape index (κ3) is 2.93. The summed E-state index contributed by atoms with van der Waals surface area (Å²) in [4.78, 5) is 6.37. The number of rotatable bonds is 5. The number of hydrogen-bond acceptors (Lipinski definition) is 4. The normalized spacial score (nSPS) is 11.6. The van der Waals surface area contributed by atoms with Gasteiger partial charge in [-0.25, -0.2) is 4.98 Å². The van der Waals surface area contributed by atoms with Crippen molar-refractivity contribution in [1.82, 2.24) is 10.3 Å². The topological polar surface area (TPSA) is 48.4 Å². The van der Waals surface area contributed by atoms with Crippen molar-refractivity contribution in [2.75, 3.05) is 25.6 Å². The molecular formula is C12H21N3O. The molecular weight excluding hydrogens is 202 g/mol. The van der Waals surface area contributed by atoms with Crippen molar-refractivity contribution < 1.29 is 5.11 Å². The third-order valence-corrected chi connectivity index (χ3v) is 2.83. The molecule has 0 aromatic carbocycles. The molecule has 0 aliphatic carbocycles. The highest BCUT2D eigenvalue weighted by Crippen LogP contribution is 2.19. The molecule has 1 aromatic heterocycles. The molecule has 0 bridgehead atoms. The number of likely N-dealkylation sites (N-methyl/N-ethyl adjacent to an activating group) is 1. The highest BCUT2D eigenvalue weighted by atomic mass is 16.3. The largest absolute Gasteiger partial charge is 0.394 e. The van der Waals surface area contributed by atoms with Crippen LogP contribution in [0.4, 0.5) is 5.82 Å². The first-order valence-electron chi connectivity index (χ1n) is 5.45. The lowest BCUT2D eigenvalue weighted by Gasteiger charge is -2.34. The van der Waals surface area contributed by atoms with Crippen LogP contribution in [-0.2, 0) is 6.54 Å². The highest BCUT2D eigenvalue weighted by Gasteiger charge is 2.23. The molecule has 1 rings (SSSR count). The summed E-state index contributed by atoms with van der Waals surface area (Å²) in [5.41, 5.74) is 0.860. The molecule has 4 heteroatoms. The number of nitrogens with zero attached hydrogens (tertiary/aromatic N) is 2. The number of aliphatic hydroxyl groups is 1. The Bertz CT molecular complexity index is 322. The molecule has 0 saturated heterocycles. The van der Waals surface area contributed by atoms with Gasteiger partial charge in [0, 0.05) is 19.8 Å². The van der Waals surface area contributed by atoms with Gasteiger partial charge in [-0.2, -0.15) is 0 Å². The monoisotopic (exact) mass is 223 g/mol. The summed E-state index contributed by atoms with van der Waals surface area (Å²) >= 11 is 0. The lowest BCUT2D eigenvalue weighted by molar-refractivity contribution is 0.215. The molecule has 0 fully saturated rings. The van der Waals surface area contributed by atoms with E-state index in [1.165, 1.54) is 0 Å². The van der Waals surface area contributed by atoms with E-state index in [1.807, 2.05) is 51.2 Å². The average molecular weight is 223 g/mol. The van der Waals surface area contributed by atoms with Crippen LogP contribution in [0.15, 0.2) is 18.3 Å². The Morgan fingerprint density at radius 3 is 2.56 bits per heavy atom. The predicted molar refractivity (Wildman–Crippen MR) is 66.6 cm³/mol. The minimum atomic E-state index is -0.294. The Morgan fingerprint density at radius 2 is 2.12 bits per heavy atom. The van der Waals surface area contributed by atoms with Crippen LogP contribution < -0.4 is 10.2 Å². The summed E-state index contributed by atoms with van der Waals surface area (Å²) < 4.78 is 0. The number of aliphatic hydroxyl groups excluding tert-OH is 1. The van der Waals surface area contributed by atoms with E-state index in [1.54, 1.807) is 0 Å². The maximum Gasteiger partial charge on any atom is 0.128 e. The van der Waals surface area contributed by atoms with Crippen molar-refractivity contribution >= 4 is 5.82 Å². The van der Waals surface area contributed by atoms with Crippen LogP contribution in [0.3, 0.4) is 0 Å². The lowest BCUT2D eigenvalue weighted by Crippen LogP contribution is -2.44. The van der Waals surface area contributed by atoms with Gasteiger partial charge < -0.3 is 15.3 Å². The van der Waals surface area contributed by atoms with Gasteiger partial charge in [0.2, 0.25) is 0 Å². The van der Waals surface area contributed by atoms with E-state index >= 15 is 0 Å². The van der Waals surface area contributed by atoms with Gasteiger partial charge in [-0.05, 0) is 32.5 Å². The van der Waals surface area contributed by atoms with Crippen molar-refractivity contribution in [1.29, 1.82) is 0 Å². The maximum absolute atomic E-state index is 9.29. The molecule has 0 aliphatic rings. The fourth-order valence-corrected chi connectivity index (χ4v) is 1.34. The zero-order valence-corrected chi connectivity index (χ0v) is 10.5. The first-order chi connectivity index (χ1) is 7.51. The summed E-state index contributed by atoms with van der Waals surface area (Å²) in [5, 5.41) is 12.4. The molecule has 16 heavy (non-hydrogen) atoms. The van der Waals surface area contributed by atoms with Gasteiger partial charge in [0.1, 0.15) is 5.82 Å². The van der Waals surface area contributed by atoms with E-state index in [0.29, 0.717) is 0 Å². The van der Waals surface area contributed by atoms with Gasteiger partial charge in [-0.15, -0.1) is 0 Å². The fourth-order valence-electron chi connectivity index (χ4n) is 1.34. The molecule has 0 spiro atoms. The second-order valence-corrected chi connectivity index (χ2v) is 4.58. The van der Waals surface area contributed by atoms with Crippen LogP contribution >= 0.6 is 0 Å². The molecule has 1 aromatic rings. The minimum Gasteiger partial charge on any atom is -0.394 e. The first-order valence-corrected chi connectivity index (χ1v) is 5.45. The molecule has 1 heterocycles. The van der Waals surface area contributed by atoms with E-state index in [-0.39, 0.29) is 12.1 Å². The van der Waals surface area contributed by atoms with Crippen LogP contribution in [0.1, 0.15) is 19.4 Å². The van der Waals surface area contributed by atoms with Crippen molar-refractivity contribution in [2.45, 2.75) is 25.9 Å². The molecule has 0 saturated carbocycles. The summed E-state index contributed by atoms with van der Waals surface area (Å²) in [6, 6.07) is 4.02. The zero-order valence-electron chi connectivity index (χ0n) is 10.5. The molecule has 0 atom stereocenters. The molecule has 0 amide bonds. The van der Waals surface area contributed by atoms with E-state index in [4.69, 9.17) is 0 Å². The highest BCUT2D eigenvalue weighted by molar-refractivity contribution is 5.41. The van der Waals surface area contributed by atoms with E-state index < -0.39 is 0 Å². The summed E-state index contributed by atoms with van der Waals surface area (Å²) in [6.45, 7) is 4.89. The summed E-state index contributed by atoms with van der Waals surface area (Å²) in [6.07, 6.45) is 1.86. The Labute approximate surface area is 97.3 Å². The maximum atomic E-state index is 9.29. The lowest BCUT2D eigenvalue weighted by atomic mass is 10.1. The minimum absolute atomic E-state index is 0.101. The molecule has 0 aliphatic heterocycles. The molecule has 90 valence electrons. The Hall–Kier alpha value is -1.13. The standard InChI is InChI=1S/C12H21N3O/c1-12(2,9-16)15(4)11-6-5-10(7-13-3)8-14-11/h5-6,8,13,16H,7,9H2,1-4H3.